The van der Waals surface area contributed by atoms with Crippen LogP contribution >= 0.6 is 27.7 Å². The lowest BCUT2D eigenvalue weighted by molar-refractivity contribution is -0.149. The Morgan fingerprint density at radius 3 is 2.70 bits per heavy atom. The van der Waals surface area contributed by atoms with Crippen molar-refractivity contribution in [2.24, 2.45) is 0 Å². The number of hydrogen-bond acceptors (Lipinski definition) is 7. The number of hydrogen-bond donors (Lipinski definition) is 2. The molecule has 2 aromatic carbocycles. The molecule has 0 aliphatic rings. The maximum Gasteiger partial charge on any atom is 0.377 e. The van der Waals surface area contributed by atoms with E-state index in [4.69, 9.17) is 4.74 Å². The van der Waals surface area contributed by atoms with Crippen LogP contribution in [0, 0.1) is 11.3 Å². The number of benzene rings is 2. The Labute approximate surface area is 222 Å². The molecular weight excluding hydrogens is 570 g/mol. The number of nitrogens with one attached hydrogen (secondary N) is 2. The van der Waals surface area contributed by atoms with Gasteiger partial charge in [0.2, 0.25) is 0 Å². The van der Waals surface area contributed by atoms with E-state index in [9.17, 15) is 14.9 Å². The van der Waals surface area contributed by atoms with E-state index in [1.165, 1.54) is 23.3 Å². The van der Waals surface area contributed by atoms with Crippen LogP contribution in [0.5, 0.6) is 0 Å². The fraction of sp³-hybridized carbons (Fsp3) is 0.208. The average molecular weight is 589 g/mol. The molecule has 0 saturated heterocycles. The van der Waals surface area contributed by atoms with E-state index in [0.717, 1.165) is 0 Å². The normalized spacial score (nSPS) is 12.2. The van der Waals surface area contributed by atoms with Crippen molar-refractivity contribution in [3.05, 3.63) is 71.0 Å². The van der Waals surface area contributed by atoms with Gasteiger partial charge in [0.15, 0.2) is 5.16 Å². The van der Waals surface area contributed by atoms with Gasteiger partial charge >= 0.3 is 17.1 Å². The van der Waals surface area contributed by atoms with Crippen molar-refractivity contribution >= 4 is 50.3 Å². The molecule has 1 unspecified atom stereocenters. The number of rotatable bonds is 9. The van der Waals surface area contributed by atoms with E-state index in [-0.39, 0.29) is 29.9 Å². The lowest BCUT2D eigenvalue weighted by atomic mass is 10.0. The number of thioether (sulfide) groups is 1. The SMILES string of the molecule is CCOC(=O)C(Cc1cnc[nH]1)NC(=O)C(F)(F)Sc1ncc(Br)n1-c1ccc(C#N)c2ccccc12. The first-order valence-corrected chi connectivity index (χ1v) is 12.5. The Morgan fingerprint density at radius 2 is 2.03 bits per heavy atom. The minimum Gasteiger partial charge on any atom is -0.464 e. The maximum absolute atomic E-state index is 15.2. The van der Waals surface area contributed by atoms with Crippen molar-refractivity contribution in [3.63, 3.8) is 0 Å². The molecule has 2 aromatic heterocycles. The van der Waals surface area contributed by atoms with E-state index in [1.54, 1.807) is 43.3 Å². The van der Waals surface area contributed by atoms with Crippen molar-refractivity contribution < 1.29 is 23.1 Å². The molecule has 4 rings (SSSR count). The first-order chi connectivity index (χ1) is 17.7. The number of fused-ring (bicyclic) bond motifs is 1. The summed E-state index contributed by atoms with van der Waals surface area (Å²) >= 11 is 3.26. The van der Waals surface area contributed by atoms with Gasteiger partial charge in [0.25, 0.3) is 0 Å². The van der Waals surface area contributed by atoms with Crippen LogP contribution in [0.3, 0.4) is 0 Å². The highest BCUT2D eigenvalue weighted by Gasteiger charge is 2.44. The molecule has 1 atom stereocenters. The van der Waals surface area contributed by atoms with Gasteiger partial charge in [0, 0.05) is 29.1 Å². The summed E-state index contributed by atoms with van der Waals surface area (Å²) in [5.41, 5.74) is 1.37. The largest absolute Gasteiger partial charge is 0.464 e. The second kappa shape index (κ2) is 11.1. The molecule has 13 heteroatoms. The van der Waals surface area contributed by atoms with Gasteiger partial charge in [-0.1, -0.05) is 24.3 Å². The van der Waals surface area contributed by atoms with E-state index >= 15 is 8.78 Å². The number of carbonyl (C=O) groups excluding carboxylic acids is 2. The van der Waals surface area contributed by atoms with E-state index in [1.807, 2.05) is 0 Å². The molecule has 0 saturated carbocycles. The molecule has 9 nitrogen and oxygen atoms in total. The second-order valence-electron chi connectivity index (χ2n) is 7.67. The van der Waals surface area contributed by atoms with Gasteiger partial charge in [-0.3, -0.25) is 9.36 Å². The van der Waals surface area contributed by atoms with Crippen LogP contribution in [0.25, 0.3) is 16.5 Å². The standard InChI is InChI=1S/C24H19BrF2N6O3S/c1-2-36-21(34)18(9-15-11-29-13-31-15)32-22(35)24(26,27)37-23-30-12-20(25)33(23)19-8-7-14(10-28)16-5-3-4-6-17(16)19/h3-8,11-13,18H,2,9H2,1H3,(H,29,31)(H,32,35). The molecule has 4 aromatic rings. The van der Waals surface area contributed by atoms with Crippen molar-refractivity contribution in [2.45, 2.75) is 29.8 Å². The number of alkyl halides is 2. The molecule has 0 spiro atoms. The fourth-order valence-electron chi connectivity index (χ4n) is 3.64. The van der Waals surface area contributed by atoms with Gasteiger partial charge < -0.3 is 15.0 Å². The van der Waals surface area contributed by atoms with Gasteiger partial charge in [0.1, 0.15) is 10.6 Å². The summed E-state index contributed by atoms with van der Waals surface area (Å²) in [5.74, 6) is -2.52. The zero-order valence-corrected chi connectivity index (χ0v) is 21.6. The number of nitriles is 1. The van der Waals surface area contributed by atoms with Crippen LogP contribution in [0.15, 0.2) is 64.9 Å². The highest BCUT2D eigenvalue weighted by atomic mass is 79.9. The zero-order chi connectivity index (χ0) is 26.6. The quantitative estimate of drug-likeness (QED) is 0.220. The smallest absolute Gasteiger partial charge is 0.377 e. The summed E-state index contributed by atoms with van der Waals surface area (Å²) in [6.45, 7) is 1.59. The third-order valence-corrected chi connectivity index (χ3v) is 6.76. The Hall–Kier alpha value is -3.76. The maximum atomic E-state index is 15.2. The molecule has 190 valence electrons. The lowest BCUT2D eigenvalue weighted by Gasteiger charge is -2.21. The van der Waals surface area contributed by atoms with E-state index < -0.39 is 23.2 Å². The lowest BCUT2D eigenvalue weighted by Crippen LogP contribution is -2.49. The molecule has 0 bridgehead atoms. The molecule has 0 aliphatic carbocycles. The van der Waals surface area contributed by atoms with Gasteiger partial charge in [-0.25, -0.2) is 14.8 Å². The highest BCUT2D eigenvalue weighted by molar-refractivity contribution is 9.10. The molecular formula is C24H19BrF2N6O3S. The summed E-state index contributed by atoms with van der Waals surface area (Å²) in [7, 11) is 0. The van der Waals surface area contributed by atoms with Crippen LogP contribution in [-0.4, -0.2) is 49.3 Å². The fourth-order valence-corrected chi connectivity index (χ4v) is 4.99. The van der Waals surface area contributed by atoms with Gasteiger partial charge in [-0.2, -0.15) is 14.0 Å². The predicted molar refractivity (Wildman–Crippen MR) is 135 cm³/mol. The highest BCUT2D eigenvalue weighted by Crippen LogP contribution is 2.39. The molecule has 2 heterocycles. The number of carbonyl (C=O) groups is 2. The summed E-state index contributed by atoms with van der Waals surface area (Å²) < 4.78 is 37.1. The number of imidazole rings is 2. The van der Waals surface area contributed by atoms with Crippen LogP contribution in [-0.2, 0) is 20.7 Å². The van der Waals surface area contributed by atoms with Gasteiger partial charge in [0.05, 0.1) is 36.5 Å². The first-order valence-electron chi connectivity index (χ1n) is 10.9. The van der Waals surface area contributed by atoms with Crippen LogP contribution < -0.4 is 5.32 Å². The van der Waals surface area contributed by atoms with Crippen molar-refractivity contribution in [3.8, 4) is 11.8 Å². The predicted octanol–water partition coefficient (Wildman–Crippen LogP) is 4.36. The number of ether oxygens (including phenoxy) is 1. The number of halogens is 3. The Balaban J connectivity index is 1.63. The van der Waals surface area contributed by atoms with Crippen LogP contribution in [0.4, 0.5) is 8.78 Å². The van der Waals surface area contributed by atoms with Crippen LogP contribution in [0.2, 0.25) is 0 Å². The van der Waals surface area contributed by atoms with Crippen molar-refractivity contribution in [1.82, 2.24) is 24.8 Å². The van der Waals surface area contributed by atoms with Gasteiger partial charge in [-0.05, 0) is 46.7 Å². The molecule has 2 N–H and O–H groups in total. The molecule has 0 radical (unpaired) electrons. The number of esters is 1. The number of amides is 1. The minimum absolute atomic E-state index is 0.0172. The average Bonchev–Trinajstić information content (AvgIpc) is 3.52. The molecule has 37 heavy (non-hydrogen) atoms. The van der Waals surface area contributed by atoms with E-state index in [0.29, 0.717) is 32.3 Å². The number of H-pyrrole nitrogens is 1. The van der Waals surface area contributed by atoms with Crippen LogP contribution in [0.1, 0.15) is 18.2 Å². The summed E-state index contributed by atoms with van der Waals surface area (Å²) in [6, 6.07) is 11.0. The molecule has 0 aliphatic heterocycles. The Kier molecular flexibility index (Phi) is 7.89. The number of aromatic nitrogens is 4. The minimum atomic E-state index is -4.00. The summed E-state index contributed by atoms with van der Waals surface area (Å²) in [6.07, 6.45) is 4.02. The second-order valence-corrected chi connectivity index (χ2v) is 9.56. The first kappa shape index (κ1) is 26.3. The van der Waals surface area contributed by atoms with Crippen molar-refractivity contribution in [2.75, 3.05) is 6.61 Å². The topological polar surface area (TPSA) is 126 Å². The van der Waals surface area contributed by atoms with E-state index in [2.05, 4.69) is 42.3 Å². The third kappa shape index (κ3) is 5.65. The molecule has 0 fully saturated rings. The zero-order valence-electron chi connectivity index (χ0n) is 19.2. The van der Waals surface area contributed by atoms with Crippen molar-refractivity contribution in [1.29, 1.82) is 5.26 Å². The number of aromatic amines is 1. The van der Waals surface area contributed by atoms with Gasteiger partial charge in [-0.15, -0.1) is 0 Å². The summed E-state index contributed by atoms with van der Waals surface area (Å²) in [4.78, 5) is 35.7. The Morgan fingerprint density at radius 1 is 1.27 bits per heavy atom. The Bertz CT molecular complexity index is 1490. The number of nitrogens with zero attached hydrogens (tertiary/aromatic N) is 4. The summed E-state index contributed by atoms with van der Waals surface area (Å²) in [5, 5.41) is 8.64. The monoisotopic (exact) mass is 588 g/mol. The third-order valence-electron chi connectivity index (χ3n) is 5.29. The molecule has 1 amide bonds.